The number of hydrogen-bond acceptors (Lipinski definition) is 8. The normalized spacial score (nSPS) is 12.3. The van der Waals surface area contributed by atoms with Crippen LogP contribution in [0, 0.1) is 19.7 Å². The van der Waals surface area contributed by atoms with Crippen molar-refractivity contribution >= 4 is 22.5 Å². The van der Waals surface area contributed by atoms with Crippen LogP contribution in [0.3, 0.4) is 0 Å². The van der Waals surface area contributed by atoms with Crippen molar-refractivity contribution in [2.45, 2.75) is 39.8 Å². The third kappa shape index (κ3) is 4.44. The molecule has 1 amide bonds. The topological polar surface area (TPSA) is 130 Å². The molecule has 12 heteroatoms. The fourth-order valence-electron chi connectivity index (χ4n) is 4.00. The predicted molar refractivity (Wildman–Crippen MR) is 126 cm³/mol. The van der Waals surface area contributed by atoms with Crippen molar-refractivity contribution in [3.8, 4) is 11.5 Å². The standard InChI is InChI=1S/C24H22FN5O6/c1-13-5-6-15(8-17(13)25)27-21(31)11-30-18-10-20-19(34-12-35-20)9-16(18)23(32)29(24(30)33)7-3-4-22-26-14(2)28-36-22/h5-6,8-10H,3-4,7,11-12H2,1-2H3,(H,27,31). The second-order valence-electron chi connectivity index (χ2n) is 8.40. The number of carbonyl (C=O) groups is 1. The number of benzene rings is 2. The highest BCUT2D eigenvalue weighted by Gasteiger charge is 2.21. The molecule has 0 atom stereocenters. The van der Waals surface area contributed by atoms with Crippen LogP contribution in [-0.4, -0.2) is 32.0 Å². The van der Waals surface area contributed by atoms with Gasteiger partial charge in [0.1, 0.15) is 12.4 Å². The van der Waals surface area contributed by atoms with Gasteiger partial charge >= 0.3 is 5.69 Å². The number of aromatic nitrogens is 4. The molecule has 0 spiro atoms. The maximum Gasteiger partial charge on any atom is 0.331 e. The Morgan fingerprint density at radius 2 is 1.89 bits per heavy atom. The first kappa shape index (κ1) is 23.3. The number of fused-ring (bicyclic) bond motifs is 2. The summed E-state index contributed by atoms with van der Waals surface area (Å²) >= 11 is 0. The quantitative estimate of drug-likeness (QED) is 0.413. The van der Waals surface area contributed by atoms with Crippen molar-refractivity contribution in [1.82, 2.24) is 19.3 Å². The molecule has 11 nitrogen and oxygen atoms in total. The molecule has 0 aliphatic carbocycles. The predicted octanol–water partition coefficient (Wildman–Crippen LogP) is 2.30. The summed E-state index contributed by atoms with van der Waals surface area (Å²) in [6.45, 7) is 2.94. The number of halogens is 1. The number of carbonyl (C=O) groups excluding carboxylic acids is 1. The monoisotopic (exact) mass is 495 g/mol. The molecule has 0 saturated heterocycles. The molecule has 0 radical (unpaired) electrons. The SMILES string of the molecule is Cc1noc(CCCn2c(=O)c3cc4c(cc3n(CC(=O)Nc3ccc(C)c(F)c3)c2=O)OCO4)n1. The summed E-state index contributed by atoms with van der Waals surface area (Å²) in [5.74, 6) is 0.595. The van der Waals surface area contributed by atoms with Crippen molar-refractivity contribution < 1.29 is 23.2 Å². The molecule has 36 heavy (non-hydrogen) atoms. The number of ether oxygens (including phenoxy) is 2. The van der Waals surface area contributed by atoms with Gasteiger partial charge in [-0.2, -0.15) is 4.98 Å². The molecular formula is C24H22FN5O6. The summed E-state index contributed by atoms with van der Waals surface area (Å²) in [5, 5.41) is 6.52. The molecule has 2 aromatic heterocycles. The lowest BCUT2D eigenvalue weighted by Gasteiger charge is -2.15. The van der Waals surface area contributed by atoms with E-state index in [1.165, 1.54) is 28.8 Å². The van der Waals surface area contributed by atoms with E-state index in [-0.39, 0.29) is 29.9 Å². The molecule has 0 saturated carbocycles. The number of nitrogens with zero attached hydrogens (tertiary/aromatic N) is 4. The lowest BCUT2D eigenvalue weighted by Crippen LogP contribution is -2.41. The first-order chi connectivity index (χ1) is 17.3. The Labute approximate surface area is 203 Å². The van der Waals surface area contributed by atoms with Crippen molar-refractivity contribution in [3.05, 3.63) is 74.3 Å². The minimum Gasteiger partial charge on any atom is -0.454 e. The molecule has 5 rings (SSSR count). The van der Waals surface area contributed by atoms with E-state index in [4.69, 9.17) is 14.0 Å². The summed E-state index contributed by atoms with van der Waals surface area (Å²) in [5.41, 5.74) is -0.274. The average Bonchev–Trinajstić information content (AvgIpc) is 3.48. The summed E-state index contributed by atoms with van der Waals surface area (Å²) in [4.78, 5) is 43.6. The fraction of sp³-hybridized carbons (Fsp3) is 0.292. The minimum atomic E-state index is -0.668. The zero-order chi connectivity index (χ0) is 25.4. The molecule has 0 unspecified atom stereocenters. The van der Waals surface area contributed by atoms with Gasteiger partial charge in [0.25, 0.3) is 5.56 Å². The van der Waals surface area contributed by atoms with Gasteiger partial charge in [0, 0.05) is 24.7 Å². The Hall–Kier alpha value is -4.48. The largest absolute Gasteiger partial charge is 0.454 e. The van der Waals surface area contributed by atoms with E-state index in [0.717, 1.165) is 4.57 Å². The molecule has 1 aliphatic heterocycles. The van der Waals surface area contributed by atoms with Crippen molar-refractivity contribution in [1.29, 1.82) is 0 Å². The first-order valence-corrected chi connectivity index (χ1v) is 11.2. The third-order valence-electron chi connectivity index (χ3n) is 5.82. The molecule has 186 valence electrons. The van der Waals surface area contributed by atoms with E-state index in [0.29, 0.717) is 41.6 Å². The maximum atomic E-state index is 13.9. The van der Waals surface area contributed by atoms with Gasteiger partial charge in [0.05, 0.1) is 10.9 Å². The van der Waals surface area contributed by atoms with Gasteiger partial charge in [-0.3, -0.25) is 18.7 Å². The molecular weight excluding hydrogens is 473 g/mol. The minimum absolute atomic E-state index is 0.0207. The number of anilines is 1. The van der Waals surface area contributed by atoms with Crippen LogP contribution in [0.2, 0.25) is 0 Å². The summed E-state index contributed by atoms with van der Waals surface area (Å²) < 4.78 is 32.0. The Balaban J connectivity index is 1.50. The number of hydrogen-bond donors (Lipinski definition) is 1. The van der Waals surface area contributed by atoms with Crippen LogP contribution >= 0.6 is 0 Å². The maximum absolute atomic E-state index is 13.9. The van der Waals surface area contributed by atoms with E-state index in [9.17, 15) is 18.8 Å². The van der Waals surface area contributed by atoms with Crippen molar-refractivity contribution in [2.75, 3.05) is 12.1 Å². The Bertz CT molecular complexity index is 1610. The van der Waals surface area contributed by atoms with Crippen LogP contribution in [0.25, 0.3) is 10.9 Å². The Morgan fingerprint density at radius 3 is 2.61 bits per heavy atom. The second-order valence-corrected chi connectivity index (χ2v) is 8.40. The van der Waals surface area contributed by atoms with E-state index < -0.39 is 29.5 Å². The Morgan fingerprint density at radius 1 is 1.11 bits per heavy atom. The zero-order valence-corrected chi connectivity index (χ0v) is 19.5. The number of nitrogens with one attached hydrogen (secondary N) is 1. The summed E-state index contributed by atoms with van der Waals surface area (Å²) in [6, 6.07) is 7.31. The van der Waals surface area contributed by atoms with Crippen LogP contribution in [-0.2, 0) is 24.3 Å². The highest BCUT2D eigenvalue weighted by atomic mass is 19.1. The average molecular weight is 495 g/mol. The fourth-order valence-corrected chi connectivity index (χ4v) is 4.00. The van der Waals surface area contributed by atoms with E-state index >= 15 is 0 Å². The van der Waals surface area contributed by atoms with E-state index in [1.54, 1.807) is 19.9 Å². The highest BCUT2D eigenvalue weighted by Crippen LogP contribution is 2.34. The van der Waals surface area contributed by atoms with Crippen LogP contribution < -0.4 is 26.0 Å². The zero-order valence-electron chi connectivity index (χ0n) is 19.5. The van der Waals surface area contributed by atoms with Crippen LogP contribution in [0.15, 0.2) is 44.4 Å². The smallest absolute Gasteiger partial charge is 0.331 e. The lowest BCUT2D eigenvalue weighted by atomic mass is 10.2. The molecule has 1 aliphatic rings. The highest BCUT2D eigenvalue weighted by molar-refractivity contribution is 5.92. The van der Waals surface area contributed by atoms with Gasteiger partial charge < -0.3 is 19.3 Å². The Kier molecular flexibility index (Phi) is 6.00. The van der Waals surface area contributed by atoms with Gasteiger partial charge in [0.2, 0.25) is 18.6 Å². The van der Waals surface area contributed by atoms with Crippen molar-refractivity contribution in [3.63, 3.8) is 0 Å². The van der Waals surface area contributed by atoms with Crippen LogP contribution in [0.4, 0.5) is 10.1 Å². The molecule has 3 heterocycles. The molecule has 0 fully saturated rings. The third-order valence-corrected chi connectivity index (χ3v) is 5.82. The number of aryl methyl sites for hydroxylation is 3. The molecule has 4 aromatic rings. The molecule has 1 N–H and O–H groups in total. The van der Waals surface area contributed by atoms with Gasteiger partial charge in [-0.1, -0.05) is 11.2 Å². The lowest BCUT2D eigenvalue weighted by molar-refractivity contribution is -0.116. The number of amides is 1. The van der Waals surface area contributed by atoms with E-state index in [1.807, 2.05) is 0 Å². The molecule has 2 aromatic carbocycles. The second kappa shape index (κ2) is 9.29. The van der Waals surface area contributed by atoms with Crippen LogP contribution in [0.5, 0.6) is 11.5 Å². The van der Waals surface area contributed by atoms with Crippen LogP contribution in [0.1, 0.15) is 23.7 Å². The van der Waals surface area contributed by atoms with Gasteiger partial charge in [0.15, 0.2) is 17.3 Å². The molecule has 0 bridgehead atoms. The summed E-state index contributed by atoms with van der Waals surface area (Å²) in [7, 11) is 0. The van der Waals surface area contributed by atoms with Gasteiger partial charge in [-0.05, 0) is 44.0 Å². The number of rotatable bonds is 7. The van der Waals surface area contributed by atoms with E-state index in [2.05, 4.69) is 15.5 Å². The summed E-state index contributed by atoms with van der Waals surface area (Å²) in [6.07, 6.45) is 0.743. The first-order valence-electron chi connectivity index (χ1n) is 11.2. The van der Waals surface area contributed by atoms with Gasteiger partial charge in [-0.25, -0.2) is 9.18 Å². The van der Waals surface area contributed by atoms with Gasteiger partial charge in [-0.15, -0.1) is 0 Å². The van der Waals surface area contributed by atoms with Crippen molar-refractivity contribution in [2.24, 2.45) is 0 Å².